The van der Waals surface area contributed by atoms with Crippen LogP contribution in [0.3, 0.4) is 0 Å². The van der Waals surface area contributed by atoms with Crippen LogP contribution in [0.15, 0.2) is 42.6 Å². The van der Waals surface area contributed by atoms with Crippen molar-refractivity contribution in [1.82, 2.24) is 14.7 Å². The van der Waals surface area contributed by atoms with E-state index in [1.165, 1.54) is 6.07 Å². The van der Waals surface area contributed by atoms with E-state index < -0.39 is 23.5 Å². The number of hydrogen-bond acceptors (Lipinski definition) is 5. The molecular weight excluding hydrogens is 534 g/mol. The van der Waals surface area contributed by atoms with Crippen molar-refractivity contribution in [2.75, 3.05) is 50.1 Å². The minimum atomic E-state index is -4.70. The number of carbonyl (C=O) groups excluding carboxylic acids is 1. The van der Waals surface area contributed by atoms with Crippen molar-refractivity contribution in [3.05, 3.63) is 58.2 Å². The van der Waals surface area contributed by atoms with Crippen LogP contribution in [0, 0.1) is 0 Å². The highest BCUT2D eigenvalue weighted by Crippen LogP contribution is 2.38. The molecule has 13 heteroatoms. The number of aryl methyl sites for hydroxylation is 1. The maximum Gasteiger partial charge on any atom is 0.418 e. The van der Waals surface area contributed by atoms with Gasteiger partial charge >= 0.3 is 12.2 Å². The molecule has 1 aromatic heterocycles. The highest BCUT2D eigenvalue weighted by Gasteiger charge is 2.34. The number of nitrogens with one attached hydrogen (secondary N) is 2. The minimum absolute atomic E-state index is 0.0978. The number of anilines is 2. The van der Waals surface area contributed by atoms with Crippen LogP contribution in [-0.2, 0) is 18.0 Å². The van der Waals surface area contributed by atoms with Gasteiger partial charge < -0.3 is 20.1 Å². The first-order valence-electron chi connectivity index (χ1n) is 11.3. The molecule has 198 valence electrons. The van der Waals surface area contributed by atoms with E-state index in [2.05, 4.69) is 20.6 Å². The quantitative estimate of drug-likeness (QED) is 0.385. The monoisotopic (exact) mass is 557 g/mol. The second-order valence-electron chi connectivity index (χ2n) is 8.28. The van der Waals surface area contributed by atoms with Gasteiger partial charge in [0.2, 0.25) is 0 Å². The van der Waals surface area contributed by atoms with Crippen LogP contribution < -0.4 is 15.4 Å². The zero-order chi connectivity index (χ0) is 26.6. The van der Waals surface area contributed by atoms with Crippen LogP contribution in [-0.4, -0.2) is 60.2 Å². The Bertz CT molecular complexity index is 1260. The van der Waals surface area contributed by atoms with E-state index in [1.54, 1.807) is 36.1 Å². The van der Waals surface area contributed by atoms with Crippen LogP contribution >= 0.6 is 23.2 Å². The number of rotatable bonds is 7. The predicted octanol–water partition coefficient (Wildman–Crippen LogP) is 5.77. The molecule has 0 unspecified atom stereocenters. The minimum Gasteiger partial charge on any atom is -0.492 e. The predicted molar refractivity (Wildman–Crippen MR) is 136 cm³/mol. The number of hydrogen-bond donors (Lipinski definition) is 2. The fraction of sp³-hybridized carbons (Fsp3) is 0.333. The maximum absolute atomic E-state index is 13.4. The molecule has 2 N–H and O–H groups in total. The Kier molecular flexibility index (Phi) is 8.48. The van der Waals surface area contributed by atoms with Crippen LogP contribution in [0.5, 0.6) is 5.75 Å². The van der Waals surface area contributed by atoms with Gasteiger partial charge in [-0.05, 0) is 36.4 Å². The zero-order valence-electron chi connectivity index (χ0n) is 19.7. The summed E-state index contributed by atoms with van der Waals surface area (Å²) in [6.45, 7) is 4.11. The van der Waals surface area contributed by atoms with Crippen molar-refractivity contribution < 1.29 is 27.4 Å². The number of halogens is 5. The number of alkyl halides is 3. The Balaban J connectivity index is 1.52. The van der Waals surface area contributed by atoms with Crippen LogP contribution in [0.1, 0.15) is 5.56 Å². The molecule has 0 saturated carbocycles. The molecule has 8 nitrogen and oxygen atoms in total. The lowest BCUT2D eigenvalue weighted by Crippen LogP contribution is -2.38. The second kappa shape index (κ2) is 11.6. The Morgan fingerprint density at radius 1 is 1.14 bits per heavy atom. The van der Waals surface area contributed by atoms with Gasteiger partial charge in [0.05, 0.1) is 29.5 Å². The lowest BCUT2D eigenvalue weighted by Gasteiger charge is -2.26. The van der Waals surface area contributed by atoms with Crippen molar-refractivity contribution in [1.29, 1.82) is 0 Å². The third kappa shape index (κ3) is 7.07. The molecule has 1 aliphatic heterocycles. The summed E-state index contributed by atoms with van der Waals surface area (Å²) in [5.74, 6) is 0.497. The molecular formula is C24H24Cl2F3N5O3. The lowest BCUT2D eigenvalue weighted by atomic mass is 10.1. The van der Waals surface area contributed by atoms with Gasteiger partial charge in [-0.1, -0.05) is 23.2 Å². The fourth-order valence-corrected chi connectivity index (χ4v) is 4.27. The third-order valence-corrected chi connectivity index (χ3v) is 6.09. The van der Waals surface area contributed by atoms with Gasteiger partial charge in [0.15, 0.2) is 0 Å². The number of nitrogens with zero attached hydrogens (tertiary/aromatic N) is 3. The van der Waals surface area contributed by atoms with Crippen molar-refractivity contribution >= 4 is 40.6 Å². The molecule has 2 heterocycles. The van der Waals surface area contributed by atoms with Crippen molar-refractivity contribution in [3.63, 3.8) is 0 Å². The molecule has 37 heavy (non-hydrogen) atoms. The summed E-state index contributed by atoms with van der Waals surface area (Å²) in [7, 11) is 1.72. The maximum atomic E-state index is 13.4. The number of amides is 2. The van der Waals surface area contributed by atoms with E-state index in [0.717, 1.165) is 25.2 Å². The van der Waals surface area contributed by atoms with Crippen molar-refractivity contribution in [2.24, 2.45) is 7.05 Å². The van der Waals surface area contributed by atoms with E-state index in [9.17, 15) is 18.0 Å². The average molecular weight is 558 g/mol. The number of morpholine rings is 1. The molecule has 4 rings (SSSR count). The second-order valence-corrected chi connectivity index (χ2v) is 9.12. The molecule has 2 aromatic carbocycles. The summed E-state index contributed by atoms with van der Waals surface area (Å²) in [6, 6.07) is 7.07. The smallest absolute Gasteiger partial charge is 0.418 e. The summed E-state index contributed by atoms with van der Waals surface area (Å²) < 4.78 is 53.1. The van der Waals surface area contributed by atoms with Crippen molar-refractivity contribution in [3.8, 4) is 17.0 Å². The lowest BCUT2D eigenvalue weighted by molar-refractivity contribution is -0.136. The van der Waals surface area contributed by atoms with Gasteiger partial charge in [0.25, 0.3) is 0 Å². The van der Waals surface area contributed by atoms with Gasteiger partial charge in [-0.25, -0.2) is 4.79 Å². The summed E-state index contributed by atoms with van der Waals surface area (Å²) in [5, 5.41) is 9.44. The SMILES string of the molecule is Cn1cc(Cl)c(-c2cc(NC(=O)Nc3ccc(Cl)cc3C(F)(F)F)ccc2OCCN2CCOCC2)n1. The zero-order valence-corrected chi connectivity index (χ0v) is 21.3. The standard InChI is InChI=1S/C24H24Cl2F3N5O3/c1-33-14-19(26)22(32-33)17-13-16(3-5-21(17)37-11-8-34-6-9-36-10-7-34)30-23(35)31-20-4-2-15(25)12-18(20)24(27,28)29/h2-5,12-14H,6-11H2,1H3,(H2,30,31,35). The van der Waals surface area contributed by atoms with Gasteiger partial charge in [-0.15, -0.1) is 0 Å². The first kappa shape index (κ1) is 27.1. The third-order valence-electron chi connectivity index (χ3n) is 5.58. The molecule has 3 aromatic rings. The van der Waals surface area contributed by atoms with E-state index in [-0.39, 0.29) is 5.02 Å². The first-order chi connectivity index (χ1) is 17.6. The Morgan fingerprint density at radius 2 is 1.89 bits per heavy atom. The summed E-state index contributed by atoms with van der Waals surface area (Å²) in [6.07, 6.45) is -3.07. The Hall–Kier alpha value is -2.99. The fourth-order valence-electron chi connectivity index (χ4n) is 3.81. The van der Waals surface area contributed by atoms with Crippen molar-refractivity contribution in [2.45, 2.75) is 6.18 Å². The first-order valence-corrected chi connectivity index (χ1v) is 12.1. The normalized spacial score (nSPS) is 14.4. The molecule has 0 aliphatic carbocycles. The number of benzene rings is 2. The molecule has 2 amide bonds. The van der Waals surface area contributed by atoms with Crippen LogP contribution in [0.4, 0.5) is 29.3 Å². The van der Waals surface area contributed by atoms with E-state index in [1.807, 2.05) is 0 Å². The van der Waals surface area contributed by atoms with Gasteiger partial charge in [-0.2, -0.15) is 18.3 Å². The van der Waals surface area contributed by atoms with Gasteiger partial charge in [0.1, 0.15) is 18.1 Å². The number of ether oxygens (including phenoxy) is 2. The Morgan fingerprint density at radius 3 is 2.57 bits per heavy atom. The summed E-state index contributed by atoms with van der Waals surface area (Å²) in [5.41, 5.74) is -0.220. The van der Waals surface area contributed by atoms with Gasteiger partial charge in [-0.3, -0.25) is 9.58 Å². The summed E-state index contributed by atoms with van der Waals surface area (Å²) >= 11 is 12.1. The van der Waals surface area contributed by atoms with E-state index in [4.69, 9.17) is 32.7 Å². The van der Waals surface area contributed by atoms with Crippen LogP contribution in [0.2, 0.25) is 10.0 Å². The molecule has 0 spiro atoms. The highest BCUT2D eigenvalue weighted by atomic mass is 35.5. The number of urea groups is 1. The van der Waals surface area contributed by atoms with E-state index in [0.29, 0.717) is 54.1 Å². The van der Waals surface area contributed by atoms with Crippen LogP contribution in [0.25, 0.3) is 11.3 Å². The van der Waals surface area contributed by atoms with E-state index >= 15 is 0 Å². The van der Waals surface area contributed by atoms with Gasteiger partial charge in [0, 0.05) is 49.2 Å². The molecule has 1 saturated heterocycles. The highest BCUT2D eigenvalue weighted by molar-refractivity contribution is 6.33. The number of carbonyl (C=O) groups is 1. The topological polar surface area (TPSA) is 80.7 Å². The largest absolute Gasteiger partial charge is 0.492 e. The molecule has 0 bridgehead atoms. The molecule has 1 aliphatic rings. The molecule has 0 radical (unpaired) electrons. The molecule has 0 atom stereocenters. The Labute approximate surface area is 221 Å². The number of aromatic nitrogens is 2. The summed E-state index contributed by atoms with van der Waals surface area (Å²) in [4.78, 5) is 14.8. The molecule has 1 fully saturated rings. The average Bonchev–Trinajstić information content (AvgIpc) is 3.18.